The minimum atomic E-state index is -0.310. The highest BCUT2D eigenvalue weighted by molar-refractivity contribution is 6.16. The fourth-order valence-corrected chi connectivity index (χ4v) is 2.12. The van der Waals surface area contributed by atoms with Gasteiger partial charge in [-0.25, -0.2) is 9.37 Å². The van der Waals surface area contributed by atoms with Crippen molar-refractivity contribution >= 4 is 22.6 Å². The number of halogens is 2. The van der Waals surface area contributed by atoms with E-state index in [0.717, 1.165) is 11.2 Å². The quantitative estimate of drug-likeness (QED) is 0.684. The molecular formula is C12H9ClFN3O. The molecule has 0 radical (unpaired) electrons. The van der Waals surface area contributed by atoms with Crippen molar-refractivity contribution < 1.29 is 8.91 Å². The van der Waals surface area contributed by atoms with Crippen molar-refractivity contribution in [2.24, 2.45) is 0 Å². The van der Waals surface area contributed by atoms with Crippen molar-refractivity contribution in [1.29, 1.82) is 0 Å². The van der Waals surface area contributed by atoms with Crippen LogP contribution in [0, 0.1) is 5.82 Å². The van der Waals surface area contributed by atoms with Crippen LogP contribution >= 0.6 is 11.6 Å². The Balaban J connectivity index is 2.13. The topological polar surface area (TPSA) is 43.9 Å². The first kappa shape index (κ1) is 11.2. The van der Waals surface area contributed by atoms with Gasteiger partial charge in [-0.1, -0.05) is 5.16 Å². The van der Waals surface area contributed by atoms with Crippen LogP contribution in [0.1, 0.15) is 11.5 Å². The van der Waals surface area contributed by atoms with Gasteiger partial charge >= 0.3 is 0 Å². The molecule has 0 aliphatic rings. The zero-order chi connectivity index (χ0) is 12.5. The highest BCUT2D eigenvalue weighted by atomic mass is 35.5. The molecule has 0 unspecified atom stereocenters. The molecule has 0 amide bonds. The van der Waals surface area contributed by atoms with E-state index < -0.39 is 0 Å². The van der Waals surface area contributed by atoms with E-state index in [-0.39, 0.29) is 11.7 Å². The van der Waals surface area contributed by atoms with Crippen LogP contribution in [0.15, 0.2) is 35.1 Å². The van der Waals surface area contributed by atoms with Gasteiger partial charge in [0, 0.05) is 12.1 Å². The number of nitrogens with zero attached hydrogens (tertiary/aromatic N) is 3. The summed E-state index contributed by atoms with van der Waals surface area (Å²) in [5.74, 6) is 0.628. The summed E-state index contributed by atoms with van der Waals surface area (Å²) in [7, 11) is 0. The second kappa shape index (κ2) is 4.42. The predicted octanol–water partition coefficient (Wildman–Crippen LogP) is 2.95. The lowest BCUT2D eigenvalue weighted by atomic mass is 10.3. The first-order chi connectivity index (χ1) is 8.78. The van der Waals surface area contributed by atoms with E-state index in [2.05, 4.69) is 10.1 Å². The predicted molar refractivity (Wildman–Crippen MR) is 64.9 cm³/mol. The summed E-state index contributed by atoms with van der Waals surface area (Å²) in [6, 6.07) is 6.26. The Bertz CT molecular complexity index is 678. The fraction of sp³-hybridized carbons (Fsp3) is 0.167. The molecular weight excluding hydrogens is 257 g/mol. The second-order valence-electron chi connectivity index (χ2n) is 3.87. The van der Waals surface area contributed by atoms with Gasteiger partial charge < -0.3 is 9.09 Å². The minimum absolute atomic E-state index is 0.258. The molecule has 0 aliphatic heterocycles. The van der Waals surface area contributed by atoms with Crippen LogP contribution in [0.4, 0.5) is 4.39 Å². The van der Waals surface area contributed by atoms with Crippen LogP contribution in [-0.2, 0) is 12.4 Å². The van der Waals surface area contributed by atoms with Gasteiger partial charge in [0.1, 0.15) is 23.6 Å². The summed E-state index contributed by atoms with van der Waals surface area (Å²) in [5, 5.41) is 3.85. The number of benzene rings is 1. The third kappa shape index (κ3) is 1.86. The number of alkyl halides is 1. The molecule has 0 N–H and O–H groups in total. The van der Waals surface area contributed by atoms with Crippen molar-refractivity contribution in [3.8, 4) is 0 Å². The van der Waals surface area contributed by atoms with Gasteiger partial charge in [0.2, 0.25) is 0 Å². The van der Waals surface area contributed by atoms with Crippen LogP contribution in [0.5, 0.6) is 0 Å². The van der Waals surface area contributed by atoms with Crippen LogP contribution in [0.3, 0.4) is 0 Å². The molecule has 3 rings (SSSR count). The van der Waals surface area contributed by atoms with Gasteiger partial charge in [-0.05, 0) is 12.1 Å². The molecule has 0 spiro atoms. The standard InChI is InChI=1S/C12H9ClFN3O/c13-6-12-15-10-5-8(14)1-2-11(10)17(12)7-9-3-4-18-16-9/h1-5H,6-7H2. The molecule has 3 aromatic rings. The number of hydrogen-bond donors (Lipinski definition) is 0. The Morgan fingerprint density at radius 1 is 1.33 bits per heavy atom. The Morgan fingerprint density at radius 2 is 2.22 bits per heavy atom. The van der Waals surface area contributed by atoms with Gasteiger partial charge in [-0.15, -0.1) is 11.6 Å². The molecule has 92 valence electrons. The molecule has 0 fully saturated rings. The third-order valence-electron chi connectivity index (χ3n) is 2.72. The third-order valence-corrected chi connectivity index (χ3v) is 2.96. The van der Waals surface area contributed by atoms with Gasteiger partial charge in [0.15, 0.2) is 0 Å². The Morgan fingerprint density at radius 3 is 2.94 bits per heavy atom. The number of fused-ring (bicyclic) bond motifs is 1. The Hall–Kier alpha value is -1.88. The highest BCUT2D eigenvalue weighted by Gasteiger charge is 2.12. The summed E-state index contributed by atoms with van der Waals surface area (Å²) in [6.07, 6.45) is 1.51. The highest BCUT2D eigenvalue weighted by Crippen LogP contribution is 2.20. The minimum Gasteiger partial charge on any atom is -0.364 e. The summed E-state index contributed by atoms with van der Waals surface area (Å²) < 4.78 is 19.8. The lowest BCUT2D eigenvalue weighted by molar-refractivity contribution is 0.409. The largest absolute Gasteiger partial charge is 0.364 e. The van der Waals surface area contributed by atoms with Gasteiger partial charge in [-0.3, -0.25) is 0 Å². The molecule has 6 heteroatoms. The van der Waals surface area contributed by atoms with Gasteiger partial charge in [0.05, 0.1) is 23.5 Å². The SMILES string of the molecule is Fc1ccc2c(c1)nc(CCl)n2Cc1ccon1. The van der Waals surface area contributed by atoms with Crippen LogP contribution in [0.2, 0.25) is 0 Å². The molecule has 0 saturated carbocycles. The second-order valence-corrected chi connectivity index (χ2v) is 4.14. The average Bonchev–Trinajstić information content (AvgIpc) is 2.97. The lowest BCUT2D eigenvalue weighted by Gasteiger charge is -2.04. The number of imidazole rings is 1. The maximum absolute atomic E-state index is 13.1. The van der Waals surface area contributed by atoms with E-state index in [4.69, 9.17) is 16.1 Å². The zero-order valence-electron chi connectivity index (χ0n) is 9.31. The van der Waals surface area contributed by atoms with Crippen molar-refractivity contribution in [1.82, 2.24) is 14.7 Å². The van der Waals surface area contributed by atoms with Crippen LogP contribution in [0.25, 0.3) is 11.0 Å². The molecule has 1 aromatic carbocycles. The van der Waals surface area contributed by atoms with E-state index in [1.165, 1.54) is 18.4 Å². The number of hydrogen-bond acceptors (Lipinski definition) is 3. The summed E-state index contributed by atoms with van der Waals surface area (Å²) in [4.78, 5) is 4.31. The molecule has 4 nitrogen and oxygen atoms in total. The Kier molecular flexibility index (Phi) is 2.76. The van der Waals surface area contributed by atoms with Gasteiger partial charge in [-0.2, -0.15) is 0 Å². The van der Waals surface area contributed by atoms with Crippen LogP contribution < -0.4 is 0 Å². The first-order valence-corrected chi connectivity index (χ1v) is 5.91. The van der Waals surface area contributed by atoms with Crippen molar-refractivity contribution in [2.75, 3.05) is 0 Å². The zero-order valence-corrected chi connectivity index (χ0v) is 10.1. The lowest BCUT2D eigenvalue weighted by Crippen LogP contribution is -2.03. The first-order valence-electron chi connectivity index (χ1n) is 5.38. The molecule has 18 heavy (non-hydrogen) atoms. The monoisotopic (exact) mass is 265 g/mol. The summed E-state index contributed by atoms with van der Waals surface area (Å²) >= 11 is 5.86. The molecule has 2 heterocycles. The van der Waals surface area contributed by atoms with E-state index in [1.54, 1.807) is 12.1 Å². The van der Waals surface area contributed by atoms with Crippen molar-refractivity contribution in [3.63, 3.8) is 0 Å². The molecule has 0 bridgehead atoms. The van der Waals surface area contributed by atoms with Crippen molar-refractivity contribution in [3.05, 3.63) is 47.9 Å². The fourth-order valence-electron chi connectivity index (χ4n) is 1.91. The van der Waals surface area contributed by atoms with E-state index in [9.17, 15) is 4.39 Å². The van der Waals surface area contributed by atoms with E-state index in [0.29, 0.717) is 17.9 Å². The van der Waals surface area contributed by atoms with E-state index >= 15 is 0 Å². The van der Waals surface area contributed by atoms with E-state index in [1.807, 2.05) is 4.57 Å². The number of rotatable bonds is 3. The molecule has 0 saturated heterocycles. The Labute approximate surface area is 107 Å². The van der Waals surface area contributed by atoms with Crippen molar-refractivity contribution in [2.45, 2.75) is 12.4 Å². The maximum atomic E-state index is 13.1. The molecule has 2 aromatic heterocycles. The summed E-state index contributed by atoms with van der Waals surface area (Å²) in [6.45, 7) is 0.501. The number of aromatic nitrogens is 3. The van der Waals surface area contributed by atoms with Crippen LogP contribution in [-0.4, -0.2) is 14.7 Å². The maximum Gasteiger partial charge on any atom is 0.125 e. The smallest absolute Gasteiger partial charge is 0.125 e. The molecule has 0 aliphatic carbocycles. The summed E-state index contributed by atoms with van der Waals surface area (Å²) in [5.41, 5.74) is 2.19. The normalized spacial score (nSPS) is 11.2. The average molecular weight is 266 g/mol. The van der Waals surface area contributed by atoms with Gasteiger partial charge in [0.25, 0.3) is 0 Å². The molecule has 0 atom stereocenters.